The van der Waals surface area contributed by atoms with Crippen molar-refractivity contribution < 1.29 is 0 Å². The average molecular weight is 152 g/mol. The van der Waals surface area contributed by atoms with E-state index in [1.165, 1.54) is 11.3 Å². The van der Waals surface area contributed by atoms with Crippen molar-refractivity contribution in [1.29, 1.82) is 0 Å². The first-order valence-electron chi connectivity index (χ1n) is 2.79. The molecule has 0 fully saturated rings. The molecule has 0 saturated heterocycles. The Hall–Kier alpha value is -1.09. The van der Waals surface area contributed by atoms with E-state index in [1.54, 1.807) is 12.2 Å². The van der Waals surface area contributed by atoms with Gasteiger partial charge in [0.05, 0.1) is 10.6 Å². The highest BCUT2D eigenvalue weighted by Gasteiger charge is 2.00. The maximum Gasteiger partial charge on any atom is 0.181 e. The number of nitrogen functional groups attached to an aromatic ring is 1. The molecule has 3 heteroatoms. The number of nitrogens with zero attached hydrogens (tertiary/aromatic N) is 1. The van der Waals surface area contributed by atoms with Crippen molar-refractivity contribution >= 4 is 28.6 Å². The van der Waals surface area contributed by atoms with E-state index in [9.17, 15) is 0 Å². The Balaban J connectivity index is 3.20. The quantitative estimate of drug-likeness (QED) is 0.704. The van der Waals surface area contributed by atoms with E-state index in [0.29, 0.717) is 5.13 Å². The van der Waals surface area contributed by atoms with Crippen molar-refractivity contribution in [2.45, 2.75) is 0 Å². The van der Waals surface area contributed by atoms with Gasteiger partial charge in [0.1, 0.15) is 0 Å². The van der Waals surface area contributed by atoms with E-state index in [1.807, 2.05) is 0 Å². The van der Waals surface area contributed by atoms with Gasteiger partial charge in [0.2, 0.25) is 0 Å². The second kappa shape index (κ2) is 2.66. The smallest absolute Gasteiger partial charge is 0.181 e. The normalized spacial score (nSPS) is 9.20. The molecule has 0 spiro atoms. The summed E-state index contributed by atoms with van der Waals surface area (Å²) < 4.78 is 0. The summed E-state index contributed by atoms with van der Waals surface area (Å²) in [5.41, 5.74) is 6.26. The minimum absolute atomic E-state index is 0.560. The highest BCUT2D eigenvalue weighted by molar-refractivity contribution is 7.16. The van der Waals surface area contributed by atoms with Gasteiger partial charge >= 0.3 is 0 Å². The summed E-state index contributed by atoms with van der Waals surface area (Å²) in [4.78, 5) is 4.99. The first kappa shape index (κ1) is 7.02. The third-order valence-electron chi connectivity index (χ3n) is 1.08. The Morgan fingerprint density at radius 3 is 2.50 bits per heavy atom. The number of anilines is 1. The second-order valence-electron chi connectivity index (χ2n) is 1.71. The zero-order chi connectivity index (χ0) is 7.56. The molecule has 10 heavy (non-hydrogen) atoms. The van der Waals surface area contributed by atoms with Crippen molar-refractivity contribution in [3.8, 4) is 0 Å². The number of nitrogens with two attached hydrogens (primary N) is 1. The van der Waals surface area contributed by atoms with E-state index in [4.69, 9.17) is 5.73 Å². The molecule has 0 aliphatic rings. The van der Waals surface area contributed by atoms with Crippen LogP contribution in [0.3, 0.4) is 0 Å². The first-order chi connectivity index (χ1) is 4.77. The van der Waals surface area contributed by atoms with Gasteiger partial charge in [-0.1, -0.05) is 24.5 Å². The van der Waals surface area contributed by atoms with Gasteiger partial charge in [-0.15, -0.1) is 0 Å². The summed E-state index contributed by atoms with van der Waals surface area (Å²) in [5, 5.41) is 0.560. The van der Waals surface area contributed by atoms with Crippen LogP contribution in [-0.4, -0.2) is 4.98 Å². The van der Waals surface area contributed by atoms with Crippen LogP contribution in [0.2, 0.25) is 0 Å². The molecule has 0 aliphatic carbocycles. The predicted molar refractivity (Wildman–Crippen MR) is 46.7 cm³/mol. The number of hydrogen-bond acceptors (Lipinski definition) is 3. The summed E-state index contributed by atoms with van der Waals surface area (Å²) in [6.45, 7) is 7.21. The molecule has 2 N–H and O–H groups in total. The molecule has 0 aliphatic heterocycles. The molecule has 0 bridgehead atoms. The van der Waals surface area contributed by atoms with Gasteiger partial charge in [0.15, 0.2) is 5.13 Å². The molecular weight excluding hydrogens is 144 g/mol. The molecule has 0 unspecified atom stereocenters. The van der Waals surface area contributed by atoms with E-state index in [-0.39, 0.29) is 0 Å². The first-order valence-corrected chi connectivity index (χ1v) is 3.60. The van der Waals surface area contributed by atoms with Crippen LogP contribution < -0.4 is 5.73 Å². The van der Waals surface area contributed by atoms with E-state index < -0.39 is 0 Å². The fourth-order valence-corrected chi connectivity index (χ4v) is 1.34. The van der Waals surface area contributed by atoms with Gasteiger partial charge in [-0.2, -0.15) is 0 Å². The third kappa shape index (κ3) is 1.09. The summed E-state index contributed by atoms with van der Waals surface area (Å²) in [6.07, 6.45) is 3.40. The Labute approximate surface area is 63.7 Å². The van der Waals surface area contributed by atoms with Gasteiger partial charge in [-0.3, -0.25) is 0 Å². The minimum atomic E-state index is 0.560. The van der Waals surface area contributed by atoms with Crippen LogP contribution in [0, 0.1) is 0 Å². The van der Waals surface area contributed by atoms with Gasteiger partial charge < -0.3 is 5.73 Å². The molecule has 0 saturated carbocycles. The van der Waals surface area contributed by atoms with Crippen LogP contribution >= 0.6 is 11.3 Å². The molecule has 1 heterocycles. The Bertz CT molecular complexity index is 237. The van der Waals surface area contributed by atoms with Crippen molar-refractivity contribution in [2.75, 3.05) is 5.73 Å². The number of aromatic nitrogens is 1. The lowest BCUT2D eigenvalue weighted by Gasteiger charge is -1.82. The van der Waals surface area contributed by atoms with Gasteiger partial charge in [0, 0.05) is 0 Å². The van der Waals surface area contributed by atoms with Crippen LogP contribution in [-0.2, 0) is 0 Å². The van der Waals surface area contributed by atoms with Crippen molar-refractivity contribution in [3.05, 3.63) is 23.7 Å². The predicted octanol–water partition coefficient (Wildman–Crippen LogP) is 2.01. The molecule has 0 atom stereocenters. The topological polar surface area (TPSA) is 38.9 Å². The maximum atomic E-state index is 5.44. The SMILES string of the molecule is C=Cc1nc(N)sc1C=C. The monoisotopic (exact) mass is 152 g/mol. The summed E-state index contributed by atoms with van der Waals surface area (Å²) in [6, 6.07) is 0. The number of thiazole rings is 1. The average Bonchev–Trinajstić information content (AvgIpc) is 2.30. The van der Waals surface area contributed by atoms with Crippen LogP contribution in [0.5, 0.6) is 0 Å². The molecule has 1 rings (SSSR count). The highest BCUT2D eigenvalue weighted by atomic mass is 32.1. The molecule has 2 nitrogen and oxygen atoms in total. The molecule has 52 valence electrons. The standard InChI is InChI=1S/C7H8N2S/c1-3-5-6(4-2)10-7(8)9-5/h3-4H,1-2H2,(H2,8,9). The fraction of sp³-hybridized carbons (Fsp3) is 0. The van der Waals surface area contributed by atoms with Crippen LogP contribution in [0.1, 0.15) is 10.6 Å². The lowest BCUT2D eigenvalue weighted by Crippen LogP contribution is -1.80. The van der Waals surface area contributed by atoms with Gasteiger partial charge in [0.25, 0.3) is 0 Å². The summed E-state index contributed by atoms with van der Waals surface area (Å²) in [5.74, 6) is 0. The molecular formula is C7H8N2S. The zero-order valence-corrected chi connectivity index (χ0v) is 6.32. The lowest BCUT2D eigenvalue weighted by atomic mass is 10.3. The zero-order valence-electron chi connectivity index (χ0n) is 5.50. The molecule has 0 aromatic carbocycles. The molecule has 1 aromatic heterocycles. The minimum Gasteiger partial charge on any atom is -0.375 e. The third-order valence-corrected chi connectivity index (χ3v) is 1.97. The maximum absolute atomic E-state index is 5.44. The molecule has 1 aromatic rings. The van der Waals surface area contributed by atoms with Crippen LogP contribution in [0.15, 0.2) is 13.2 Å². The largest absolute Gasteiger partial charge is 0.375 e. The van der Waals surface area contributed by atoms with E-state index in [2.05, 4.69) is 18.1 Å². The number of hydrogen-bond donors (Lipinski definition) is 1. The van der Waals surface area contributed by atoms with Crippen molar-refractivity contribution in [2.24, 2.45) is 0 Å². The Kier molecular flexibility index (Phi) is 1.87. The lowest BCUT2D eigenvalue weighted by molar-refractivity contribution is 1.38. The van der Waals surface area contributed by atoms with E-state index >= 15 is 0 Å². The van der Waals surface area contributed by atoms with Gasteiger partial charge in [-0.25, -0.2) is 4.98 Å². The van der Waals surface area contributed by atoms with Crippen molar-refractivity contribution in [3.63, 3.8) is 0 Å². The van der Waals surface area contributed by atoms with Crippen LogP contribution in [0.4, 0.5) is 5.13 Å². The fourth-order valence-electron chi connectivity index (χ4n) is 0.654. The summed E-state index contributed by atoms with van der Waals surface area (Å²) in [7, 11) is 0. The van der Waals surface area contributed by atoms with Gasteiger partial charge in [-0.05, 0) is 12.2 Å². The molecule has 0 amide bonds. The second-order valence-corrected chi connectivity index (χ2v) is 2.77. The Morgan fingerprint density at radius 2 is 2.10 bits per heavy atom. The Morgan fingerprint density at radius 1 is 1.40 bits per heavy atom. The number of rotatable bonds is 2. The highest BCUT2D eigenvalue weighted by Crippen LogP contribution is 2.21. The van der Waals surface area contributed by atoms with E-state index in [0.717, 1.165) is 10.6 Å². The van der Waals surface area contributed by atoms with Crippen LogP contribution in [0.25, 0.3) is 12.2 Å². The van der Waals surface area contributed by atoms with Crippen molar-refractivity contribution in [1.82, 2.24) is 4.98 Å². The molecule has 0 radical (unpaired) electrons. The summed E-state index contributed by atoms with van der Waals surface area (Å²) >= 11 is 1.42.